The monoisotopic (exact) mass is 539 g/mol. The smallest absolute Gasteiger partial charge is 0.266 e. The van der Waals surface area contributed by atoms with Crippen molar-refractivity contribution >= 4 is 27.5 Å². The number of fused-ring (bicyclic) bond motifs is 5. The van der Waals surface area contributed by atoms with E-state index in [9.17, 15) is 18.0 Å². The minimum atomic E-state index is -4.09. The Bertz CT molecular complexity index is 1630. The second-order valence-corrected chi connectivity index (χ2v) is 12.1. The van der Waals surface area contributed by atoms with Gasteiger partial charge >= 0.3 is 0 Å². The summed E-state index contributed by atoms with van der Waals surface area (Å²) in [5.41, 5.74) is 2.35. The summed E-state index contributed by atoms with van der Waals surface area (Å²) in [5, 5.41) is 0. The second kappa shape index (κ2) is 9.28. The van der Waals surface area contributed by atoms with Gasteiger partial charge in [-0.1, -0.05) is 79.1 Å². The average Bonchev–Trinajstić information content (AvgIpc) is 3.44. The first kappa shape index (κ1) is 25.2. The van der Waals surface area contributed by atoms with Gasteiger partial charge in [-0.3, -0.25) is 9.59 Å². The number of piperazine rings is 1. The molecule has 0 spiro atoms. The molecule has 3 aromatic rings. The Morgan fingerprint density at radius 3 is 2.33 bits per heavy atom. The predicted molar refractivity (Wildman–Crippen MR) is 148 cm³/mol. The number of amides is 2. The maximum absolute atomic E-state index is 14.3. The molecule has 0 unspecified atom stereocenters. The van der Waals surface area contributed by atoms with Crippen molar-refractivity contribution in [2.45, 2.75) is 49.2 Å². The molecule has 2 saturated heterocycles. The van der Waals surface area contributed by atoms with E-state index in [-0.39, 0.29) is 36.2 Å². The molecule has 0 radical (unpaired) electrons. The summed E-state index contributed by atoms with van der Waals surface area (Å²) in [6.07, 6.45) is 0.0155. The molecule has 3 aromatic carbocycles. The lowest BCUT2D eigenvalue weighted by molar-refractivity contribution is -0.154. The van der Waals surface area contributed by atoms with Crippen molar-refractivity contribution in [1.29, 1.82) is 0 Å². The molecule has 2 fully saturated rings. The van der Waals surface area contributed by atoms with Gasteiger partial charge in [0.2, 0.25) is 11.8 Å². The third-order valence-electron chi connectivity index (χ3n) is 8.05. The van der Waals surface area contributed by atoms with E-state index in [2.05, 4.69) is 11.8 Å². The quantitative estimate of drug-likeness (QED) is 0.474. The molecule has 8 heteroatoms. The van der Waals surface area contributed by atoms with Gasteiger partial charge in [0.1, 0.15) is 18.8 Å². The maximum Gasteiger partial charge on any atom is 0.266 e. The lowest BCUT2D eigenvalue weighted by atomic mass is 9.72. The van der Waals surface area contributed by atoms with Crippen LogP contribution in [0.25, 0.3) is 0 Å². The number of nitrogens with zero attached hydrogens (tertiary/aromatic N) is 3. The molecule has 0 N–H and O–H groups in total. The van der Waals surface area contributed by atoms with Crippen molar-refractivity contribution in [2.24, 2.45) is 0 Å². The van der Waals surface area contributed by atoms with Gasteiger partial charge in [-0.05, 0) is 42.7 Å². The molecule has 3 atom stereocenters. The van der Waals surface area contributed by atoms with E-state index in [1.165, 1.54) is 14.1 Å². The number of para-hydroxylation sites is 1. The van der Waals surface area contributed by atoms with Crippen LogP contribution in [0.2, 0.25) is 0 Å². The summed E-state index contributed by atoms with van der Waals surface area (Å²) in [5.74, 6) is 5.47. The van der Waals surface area contributed by atoms with E-state index in [0.29, 0.717) is 12.1 Å². The molecule has 0 saturated carbocycles. The summed E-state index contributed by atoms with van der Waals surface area (Å²) in [6.45, 7) is 3.96. The first-order valence-corrected chi connectivity index (χ1v) is 14.6. The summed E-state index contributed by atoms with van der Waals surface area (Å²) < 4.78 is 30.1. The van der Waals surface area contributed by atoms with Crippen molar-refractivity contribution in [2.75, 3.05) is 17.4 Å². The minimum absolute atomic E-state index is 0.134. The Morgan fingerprint density at radius 1 is 0.923 bits per heavy atom. The van der Waals surface area contributed by atoms with E-state index in [1.54, 1.807) is 36.4 Å². The third kappa shape index (κ3) is 3.68. The third-order valence-corrected chi connectivity index (χ3v) is 9.83. The van der Waals surface area contributed by atoms with E-state index in [4.69, 9.17) is 0 Å². The number of benzene rings is 3. The molecule has 3 aliphatic rings. The zero-order valence-electron chi connectivity index (χ0n) is 21.9. The molecule has 3 aliphatic heterocycles. The number of rotatable bonds is 4. The van der Waals surface area contributed by atoms with Crippen molar-refractivity contribution in [3.05, 3.63) is 95.6 Å². The number of sulfonamides is 1. The van der Waals surface area contributed by atoms with Crippen LogP contribution in [0, 0.1) is 18.8 Å². The maximum atomic E-state index is 14.3. The van der Waals surface area contributed by atoms with Gasteiger partial charge in [0.25, 0.3) is 10.0 Å². The summed E-state index contributed by atoms with van der Waals surface area (Å²) in [6, 6.07) is 22.9. The molecule has 0 bridgehead atoms. The van der Waals surface area contributed by atoms with Crippen LogP contribution >= 0.6 is 0 Å². The van der Waals surface area contributed by atoms with Gasteiger partial charge in [0.15, 0.2) is 0 Å². The fraction of sp³-hybridized carbons (Fsp3) is 0.290. The summed E-state index contributed by atoms with van der Waals surface area (Å²) in [4.78, 5) is 30.9. The van der Waals surface area contributed by atoms with E-state index < -0.39 is 27.6 Å². The van der Waals surface area contributed by atoms with Crippen LogP contribution in [-0.4, -0.2) is 55.3 Å². The molecule has 6 rings (SSSR count). The zero-order valence-corrected chi connectivity index (χ0v) is 22.7. The predicted octanol–water partition coefficient (Wildman–Crippen LogP) is 3.67. The van der Waals surface area contributed by atoms with E-state index in [1.807, 2.05) is 56.3 Å². The van der Waals surface area contributed by atoms with Crippen molar-refractivity contribution < 1.29 is 18.0 Å². The number of carbonyl (C=O) groups is 2. The van der Waals surface area contributed by atoms with Crippen LogP contribution in [0.1, 0.15) is 36.5 Å². The molecule has 7 nitrogen and oxygen atoms in total. The summed E-state index contributed by atoms with van der Waals surface area (Å²) in [7, 11) is -4.09. The van der Waals surface area contributed by atoms with Gasteiger partial charge in [0, 0.05) is 6.42 Å². The van der Waals surface area contributed by atoms with Crippen molar-refractivity contribution in [3.63, 3.8) is 0 Å². The molecule has 39 heavy (non-hydrogen) atoms. The lowest BCUT2D eigenvalue weighted by Gasteiger charge is -2.42. The highest BCUT2D eigenvalue weighted by molar-refractivity contribution is 7.92. The first-order chi connectivity index (χ1) is 18.8. The zero-order chi connectivity index (χ0) is 27.4. The molecule has 0 aromatic heterocycles. The molecule has 0 aliphatic carbocycles. The van der Waals surface area contributed by atoms with Gasteiger partial charge in [-0.15, -0.1) is 5.92 Å². The number of aryl methyl sites for hydroxylation is 1. The van der Waals surface area contributed by atoms with Gasteiger partial charge in [-0.25, -0.2) is 12.7 Å². The van der Waals surface area contributed by atoms with Crippen molar-refractivity contribution in [3.8, 4) is 11.8 Å². The highest BCUT2D eigenvalue weighted by Crippen LogP contribution is 2.59. The van der Waals surface area contributed by atoms with Crippen molar-refractivity contribution in [1.82, 2.24) is 9.80 Å². The van der Waals surface area contributed by atoms with Gasteiger partial charge < -0.3 is 9.80 Å². The molecular formula is C31H29N3O4S. The fourth-order valence-electron chi connectivity index (χ4n) is 6.35. The largest absolute Gasteiger partial charge is 0.320 e. The number of anilines is 1. The van der Waals surface area contributed by atoms with Crippen LogP contribution in [0.15, 0.2) is 83.8 Å². The Kier molecular flexibility index (Phi) is 6.00. The second-order valence-electron chi connectivity index (χ2n) is 10.3. The normalized spacial score (nSPS) is 23.7. The van der Waals surface area contributed by atoms with Gasteiger partial charge in [0.05, 0.1) is 22.5 Å². The minimum Gasteiger partial charge on any atom is -0.320 e. The van der Waals surface area contributed by atoms with E-state index >= 15 is 0 Å². The summed E-state index contributed by atoms with van der Waals surface area (Å²) >= 11 is 0. The van der Waals surface area contributed by atoms with Crippen LogP contribution in [-0.2, 0) is 25.0 Å². The number of hydrogen-bond acceptors (Lipinski definition) is 4. The van der Waals surface area contributed by atoms with Crippen LogP contribution in [0.3, 0.4) is 0 Å². The van der Waals surface area contributed by atoms with Crippen LogP contribution < -0.4 is 4.31 Å². The van der Waals surface area contributed by atoms with Crippen LogP contribution in [0.5, 0.6) is 0 Å². The molecule has 2 amide bonds. The Hall–Kier alpha value is -4.09. The highest BCUT2D eigenvalue weighted by atomic mass is 32.2. The lowest BCUT2D eigenvalue weighted by Crippen LogP contribution is -2.63. The molecule has 3 heterocycles. The average molecular weight is 540 g/mol. The Labute approximate surface area is 229 Å². The Morgan fingerprint density at radius 2 is 1.62 bits per heavy atom. The topological polar surface area (TPSA) is 78.0 Å². The van der Waals surface area contributed by atoms with Gasteiger partial charge in [-0.2, -0.15) is 0 Å². The Balaban J connectivity index is 1.58. The highest BCUT2D eigenvalue weighted by Gasteiger charge is 2.67. The SMILES string of the molecule is CCC#CCN1CC(=O)N2[C@@H](C[C@]3(c4ccc(C)cc4)c4ccccc4N(S(=O)(=O)c4ccccc4)[C@H]23)C1=O. The van der Waals surface area contributed by atoms with Crippen LogP contribution in [0.4, 0.5) is 5.69 Å². The molecular weight excluding hydrogens is 510 g/mol. The fourth-order valence-corrected chi connectivity index (χ4v) is 8.04. The van der Waals surface area contributed by atoms with E-state index in [0.717, 1.165) is 16.7 Å². The number of hydrogen-bond donors (Lipinski definition) is 0. The standard InChI is InChI=1S/C31H29N3O4S/c1-3-4-10-19-32-21-28(35)33-27(29(32)36)20-31(23-17-15-22(2)16-18-23)25-13-8-9-14-26(25)34(30(31)33)39(37,38)24-11-6-5-7-12-24/h5-9,11-18,27,30H,3,19-21H2,1-2H3/t27-,30-,31-/m0/s1. The molecule has 198 valence electrons. The first-order valence-electron chi connectivity index (χ1n) is 13.1. The number of carbonyl (C=O) groups excluding carboxylic acids is 2.